The second-order valence-electron chi connectivity index (χ2n) is 5.21. The molecule has 0 fully saturated rings. The van der Waals surface area contributed by atoms with Crippen molar-refractivity contribution in [1.82, 2.24) is 0 Å². The van der Waals surface area contributed by atoms with Gasteiger partial charge in [0.05, 0.1) is 12.7 Å². The van der Waals surface area contributed by atoms with E-state index >= 15 is 0 Å². The van der Waals surface area contributed by atoms with Gasteiger partial charge < -0.3 is 14.8 Å². The molecule has 0 aromatic heterocycles. The summed E-state index contributed by atoms with van der Waals surface area (Å²) in [6.07, 6.45) is 0.376. The molecule has 0 saturated heterocycles. The summed E-state index contributed by atoms with van der Waals surface area (Å²) in [5.74, 6) is -0.500. The van der Waals surface area contributed by atoms with Gasteiger partial charge in [-0.3, -0.25) is 9.59 Å². The molecule has 2 aromatic carbocycles. The first-order valence-corrected chi connectivity index (χ1v) is 7.77. The number of amides is 1. The van der Waals surface area contributed by atoms with Crippen LogP contribution < -0.4 is 10.1 Å². The van der Waals surface area contributed by atoms with E-state index in [1.54, 1.807) is 49.4 Å². The van der Waals surface area contributed by atoms with Gasteiger partial charge in [-0.15, -0.1) is 0 Å². The Bertz CT molecular complexity index is 768. The fraction of sp³-hybridized carbons (Fsp3) is 0.211. The smallest absolute Gasteiger partial charge is 0.338 e. The lowest BCUT2D eigenvalue weighted by atomic mass is 10.1. The number of rotatable bonds is 7. The Hall–Kier alpha value is -3.15. The van der Waals surface area contributed by atoms with Gasteiger partial charge in [-0.2, -0.15) is 0 Å². The minimum absolute atomic E-state index is 0.105. The average Bonchev–Trinajstić information content (AvgIpc) is 2.66. The lowest BCUT2D eigenvalue weighted by Gasteiger charge is -2.07. The molecule has 2 aromatic rings. The topological polar surface area (TPSA) is 81.7 Å². The number of benzene rings is 2. The molecule has 1 N–H and O–H groups in total. The van der Waals surface area contributed by atoms with E-state index in [-0.39, 0.29) is 18.3 Å². The standard InChI is InChI=1S/C19H19NO5/c1-3-18(22)20-15-9-7-13(8-10-15)17(21)12-25-19(23)14-5-4-6-16(11-14)24-2/h4-11H,3,12H2,1-2H3,(H,20,22). The lowest BCUT2D eigenvalue weighted by Crippen LogP contribution is -2.14. The van der Waals surface area contributed by atoms with E-state index in [9.17, 15) is 14.4 Å². The number of hydrogen-bond donors (Lipinski definition) is 1. The maximum absolute atomic E-state index is 12.1. The molecule has 1 amide bonds. The van der Waals surface area contributed by atoms with Crippen LogP contribution in [0.4, 0.5) is 5.69 Å². The second kappa shape index (κ2) is 8.63. The first kappa shape index (κ1) is 18.2. The number of carbonyl (C=O) groups excluding carboxylic acids is 3. The summed E-state index contributed by atoms with van der Waals surface area (Å²) in [5.41, 5.74) is 1.31. The predicted molar refractivity (Wildman–Crippen MR) is 93.0 cm³/mol. The fourth-order valence-electron chi connectivity index (χ4n) is 2.04. The number of carbonyl (C=O) groups is 3. The highest BCUT2D eigenvalue weighted by molar-refractivity contribution is 6.00. The molecule has 6 heteroatoms. The number of methoxy groups -OCH3 is 1. The van der Waals surface area contributed by atoms with Crippen LogP contribution in [0.5, 0.6) is 5.75 Å². The maximum Gasteiger partial charge on any atom is 0.338 e. The summed E-state index contributed by atoms with van der Waals surface area (Å²) < 4.78 is 10.1. The highest BCUT2D eigenvalue weighted by Crippen LogP contribution is 2.14. The number of nitrogens with one attached hydrogen (secondary N) is 1. The normalized spacial score (nSPS) is 10.0. The van der Waals surface area contributed by atoms with Crippen molar-refractivity contribution in [3.8, 4) is 5.75 Å². The van der Waals surface area contributed by atoms with Gasteiger partial charge in [-0.1, -0.05) is 13.0 Å². The molecule has 0 saturated carbocycles. The SMILES string of the molecule is CCC(=O)Nc1ccc(C(=O)COC(=O)c2cccc(OC)c2)cc1. The third kappa shape index (κ3) is 5.17. The van der Waals surface area contributed by atoms with Gasteiger partial charge in [-0.05, 0) is 42.5 Å². The average molecular weight is 341 g/mol. The third-order valence-electron chi connectivity index (χ3n) is 3.45. The van der Waals surface area contributed by atoms with Crippen molar-refractivity contribution in [2.45, 2.75) is 13.3 Å². The number of anilines is 1. The Morgan fingerprint density at radius 2 is 1.72 bits per heavy atom. The van der Waals surface area contributed by atoms with E-state index in [4.69, 9.17) is 9.47 Å². The van der Waals surface area contributed by atoms with Crippen LogP contribution in [-0.2, 0) is 9.53 Å². The van der Waals surface area contributed by atoms with E-state index in [0.717, 1.165) is 0 Å². The molecule has 0 atom stereocenters. The van der Waals surface area contributed by atoms with Gasteiger partial charge in [-0.25, -0.2) is 4.79 Å². The first-order chi connectivity index (χ1) is 12.0. The quantitative estimate of drug-likeness (QED) is 0.618. The minimum atomic E-state index is -0.598. The van der Waals surface area contributed by atoms with Crippen molar-refractivity contribution in [3.05, 3.63) is 59.7 Å². The van der Waals surface area contributed by atoms with Gasteiger partial charge in [0, 0.05) is 17.7 Å². The summed E-state index contributed by atoms with van der Waals surface area (Å²) in [6.45, 7) is 1.39. The Balaban J connectivity index is 1.93. The predicted octanol–water partition coefficient (Wildman–Crippen LogP) is 3.08. The highest BCUT2D eigenvalue weighted by Gasteiger charge is 2.12. The Kier molecular flexibility index (Phi) is 6.28. The van der Waals surface area contributed by atoms with Gasteiger partial charge in [0.25, 0.3) is 0 Å². The van der Waals surface area contributed by atoms with E-state index in [2.05, 4.69) is 5.32 Å². The number of Topliss-reactive ketones (excluding diaryl/α,β-unsaturated/α-hetero) is 1. The molecule has 0 radical (unpaired) electrons. The van der Waals surface area contributed by atoms with Crippen LogP contribution in [0.1, 0.15) is 34.1 Å². The molecular formula is C19H19NO5. The second-order valence-corrected chi connectivity index (χ2v) is 5.21. The minimum Gasteiger partial charge on any atom is -0.497 e. The number of ketones is 1. The van der Waals surface area contributed by atoms with E-state index in [0.29, 0.717) is 29.0 Å². The van der Waals surface area contributed by atoms with Gasteiger partial charge in [0.2, 0.25) is 5.91 Å². The molecule has 0 heterocycles. The van der Waals surface area contributed by atoms with Crippen LogP contribution in [0, 0.1) is 0 Å². The maximum atomic E-state index is 12.1. The summed E-state index contributed by atoms with van der Waals surface area (Å²) in [4.78, 5) is 35.4. The number of hydrogen-bond acceptors (Lipinski definition) is 5. The molecule has 0 unspecified atom stereocenters. The summed E-state index contributed by atoms with van der Waals surface area (Å²) >= 11 is 0. The van der Waals surface area contributed by atoms with Crippen LogP contribution in [0.2, 0.25) is 0 Å². The van der Waals surface area contributed by atoms with E-state index in [1.165, 1.54) is 13.2 Å². The van der Waals surface area contributed by atoms with Crippen molar-refractivity contribution in [2.75, 3.05) is 19.0 Å². The van der Waals surface area contributed by atoms with Crippen molar-refractivity contribution in [1.29, 1.82) is 0 Å². The Labute approximate surface area is 145 Å². The summed E-state index contributed by atoms with van der Waals surface area (Å²) in [6, 6.07) is 12.9. The summed E-state index contributed by atoms with van der Waals surface area (Å²) in [7, 11) is 1.50. The zero-order valence-electron chi connectivity index (χ0n) is 14.1. The first-order valence-electron chi connectivity index (χ1n) is 7.77. The van der Waals surface area contributed by atoms with Crippen molar-refractivity contribution < 1.29 is 23.9 Å². The molecule has 0 bridgehead atoms. The molecule has 0 aliphatic rings. The molecular weight excluding hydrogens is 322 g/mol. The van der Waals surface area contributed by atoms with Crippen molar-refractivity contribution >= 4 is 23.3 Å². The van der Waals surface area contributed by atoms with Crippen molar-refractivity contribution in [3.63, 3.8) is 0 Å². The van der Waals surface area contributed by atoms with Gasteiger partial charge in [0.1, 0.15) is 5.75 Å². The zero-order valence-corrected chi connectivity index (χ0v) is 14.1. The lowest BCUT2D eigenvalue weighted by molar-refractivity contribution is -0.115. The van der Waals surface area contributed by atoms with E-state index < -0.39 is 5.97 Å². The molecule has 130 valence electrons. The van der Waals surface area contributed by atoms with Crippen LogP contribution in [0.15, 0.2) is 48.5 Å². The van der Waals surface area contributed by atoms with Crippen molar-refractivity contribution in [2.24, 2.45) is 0 Å². The number of esters is 1. The molecule has 0 aliphatic heterocycles. The zero-order chi connectivity index (χ0) is 18.2. The summed E-state index contributed by atoms with van der Waals surface area (Å²) in [5, 5.41) is 2.69. The molecule has 0 spiro atoms. The largest absolute Gasteiger partial charge is 0.497 e. The van der Waals surface area contributed by atoms with E-state index in [1.807, 2.05) is 0 Å². The Morgan fingerprint density at radius 1 is 1.00 bits per heavy atom. The molecule has 6 nitrogen and oxygen atoms in total. The van der Waals surface area contributed by atoms with Crippen LogP contribution >= 0.6 is 0 Å². The van der Waals surface area contributed by atoms with Gasteiger partial charge in [0.15, 0.2) is 12.4 Å². The van der Waals surface area contributed by atoms with Crippen LogP contribution in [0.3, 0.4) is 0 Å². The van der Waals surface area contributed by atoms with Crippen LogP contribution in [0.25, 0.3) is 0 Å². The monoisotopic (exact) mass is 341 g/mol. The highest BCUT2D eigenvalue weighted by atomic mass is 16.5. The molecule has 0 aliphatic carbocycles. The van der Waals surface area contributed by atoms with Gasteiger partial charge >= 0.3 is 5.97 Å². The molecule has 25 heavy (non-hydrogen) atoms. The number of ether oxygens (including phenoxy) is 2. The molecule has 2 rings (SSSR count). The Morgan fingerprint density at radius 3 is 2.36 bits per heavy atom. The van der Waals surface area contributed by atoms with Crippen LogP contribution in [-0.4, -0.2) is 31.4 Å². The fourth-order valence-corrected chi connectivity index (χ4v) is 2.04. The third-order valence-corrected chi connectivity index (χ3v) is 3.45.